The molecule has 168 valence electrons. The van der Waals surface area contributed by atoms with Crippen molar-refractivity contribution in [3.8, 4) is 11.5 Å². The fraction of sp³-hybridized carbons (Fsp3) is 0.300. The first-order chi connectivity index (χ1) is 14.1. The van der Waals surface area contributed by atoms with Crippen molar-refractivity contribution in [2.75, 3.05) is 13.4 Å². The largest absolute Gasteiger partial charge is 0.497 e. The topological polar surface area (TPSA) is 131 Å². The van der Waals surface area contributed by atoms with Crippen LogP contribution in [0, 0.1) is 0 Å². The molecular formula is C20H24ClN3O6S. The van der Waals surface area contributed by atoms with Crippen LogP contribution >= 0.6 is 12.4 Å². The van der Waals surface area contributed by atoms with Crippen LogP contribution in [0.3, 0.4) is 0 Å². The summed E-state index contributed by atoms with van der Waals surface area (Å²) in [5, 5.41) is 9.22. The van der Waals surface area contributed by atoms with Gasteiger partial charge in [-0.05, 0) is 43.2 Å². The summed E-state index contributed by atoms with van der Waals surface area (Å²) in [5.74, 6) is 0.723. The average molecular weight is 470 g/mol. The normalized spacial score (nSPS) is 13.3. The number of fused-ring (bicyclic) bond motifs is 1. The highest BCUT2D eigenvalue weighted by Crippen LogP contribution is 2.24. The van der Waals surface area contributed by atoms with Crippen LogP contribution < -0.4 is 14.2 Å². The third-order valence-corrected chi connectivity index (χ3v) is 5.14. The Labute approximate surface area is 186 Å². The van der Waals surface area contributed by atoms with Crippen molar-refractivity contribution in [2.24, 2.45) is 0 Å². The number of hydrogen-bond donors (Lipinski definition) is 3. The maximum absolute atomic E-state index is 11.3. The lowest BCUT2D eigenvalue weighted by Crippen LogP contribution is -2.41. The number of nitrogens with one attached hydrogen (secondary N) is 2. The SMILES string of the molecule is COc1ccc2nc(C(C)Oc3ccc(CC(NS(C)(=O)=O)C(=O)O)cc3)[nH]c2c1.Cl. The monoisotopic (exact) mass is 469 g/mol. The Hall–Kier alpha value is -2.82. The molecule has 2 unspecified atom stereocenters. The summed E-state index contributed by atoms with van der Waals surface area (Å²) >= 11 is 0. The van der Waals surface area contributed by atoms with Crippen LogP contribution in [0.25, 0.3) is 11.0 Å². The van der Waals surface area contributed by atoms with Gasteiger partial charge in [-0.15, -0.1) is 12.4 Å². The average Bonchev–Trinajstić information content (AvgIpc) is 3.11. The van der Waals surface area contributed by atoms with Crippen LogP contribution in [-0.4, -0.2) is 48.9 Å². The number of imidazole rings is 1. The van der Waals surface area contributed by atoms with Gasteiger partial charge in [0.1, 0.15) is 23.4 Å². The number of H-pyrrole nitrogens is 1. The van der Waals surface area contributed by atoms with E-state index in [0.29, 0.717) is 17.1 Å². The number of aromatic amines is 1. The predicted octanol–water partition coefficient (Wildman–Crippen LogP) is 2.68. The van der Waals surface area contributed by atoms with Crippen LogP contribution in [0.1, 0.15) is 24.4 Å². The standard InChI is InChI=1S/C20H23N3O6S.ClH/c1-12(19-21-16-9-8-15(28-2)11-17(16)22-19)29-14-6-4-13(5-7-14)10-18(20(24)25)23-30(3,26)27;/h4-9,11-12,18,23H,10H2,1-3H3,(H,21,22)(H,24,25);1H. The van der Waals surface area contributed by atoms with E-state index in [0.717, 1.165) is 23.0 Å². The zero-order valence-corrected chi connectivity index (χ0v) is 18.8. The van der Waals surface area contributed by atoms with Crippen molar-refractivity contribution in [2.45, 2.75) is 25.5 Å². The molecule has 0 spiro atoms. The predicted molar refractivity (Wildman–Crippen MR) is 118 cm³/mol. The minimum absolute atomic E-state index is 0. The lowest BCUT2D eigenvalue weighted by atomic mass is 10.1. The van der Waals surface area contributed by atoms with E-state index in [1.54, 1.807) is 31.4 Å². The van der Waals surface area contributed by atoms with Gasteiger partial charge in [0.25, 0.3) is 0 Å². The number of aliphatic carboxylic acids is 1. The fourth-order valence-corrected chi connectivity index (χ4v) is 3.67. The van der Waals surface area contributed by atoms with Crippen molar-refractivity contribution in [3.05, 3.63) is 53.9 Å². The molecule has 0 saturated carbocycles. The Morgan fingerprint density at radius 3 is 2.42 bits per heavy atom. The van der Waals surface area contributed by atoms with Crippen LogP contribution in [0.4, 0.5) is 0 Å². The second-order valence-electron chi connectivity index (χ2n) is 6.89. The molecule has 2 aromatic carbocycles. The van der Waals surface area contributed by atoms with E-state index >= 15 is 0 Å². The van der Waals surface area contributed by atoms with Crippen LogP contribution in [-0.2, 0) is 21.2 Å². The molecule has 0 saturated heterocycles. The Morgan fingerprint density at radius 2 is 1.84 bits per heavy atom. The van der Waals surface area contributed by atoms with Gasteiger partial charge in [-0.25, -0.2) is 18.1 Å². The number of sulfonamides is 1. The summed E-state index contributed by atoms with van der Waals surface area (Å²) in [6, 6.07) is 11.1. The smallest absolute Gasteiger partial charge is 0.322 e. The molecule has 0 radical (unpaired) electrons. The summed E-state index contributed by atoms with van der Waals surface area (Å²) in [6.07, 6.45) is 0.590. The van der Waals surface area contributed by atoms with Gasteiger partial charge in [-0.3, -0.25) is 4.79 Å². The van der Waals surface area contributed by atoms with E-state index in [2.05, 4.69) is 14.7 Å². The summed E-state index contributed by atoms with van der Waals surface area (Å²) in [4.78, 5) is 19.0. The van der Waals surface area contributed by atoms with E-state index in [-0.39, 0.29) is 24.9 Å². The molecule has 0 aliphatic heterocycles. The van der Waals surface area contributed by atoms with Gasteiger partial charge in [0.2, 0.25) is 10.0 Å². The molecule has 3 rings (SSSR count). The molecular weight excluding hydrogens is 446 g/mol. The highest BCUT2D eigenvalue weighted by Gasteiger charge is 2.22. The summed E-state index contributed by atoms with van der Waals surface area (Å²) in [5.41, 5.74) is 2.30. The second-order valence-corrected chi connectivity index (χ2v) is 8.67. The number of carbonyl (C=O) groups is 1. The van der Waals surface area contributed by atoms with Gasteiger partial charge in [-0.2, -0.15) is 0 Å². The molecule has 0 amide bonds. The first-order valence-corrected chi connectivity index (χ1v) is 11.0. The number of carboxylic acids is 1. The highest BCUT2D eigenvalue weighted by molar-refractivity contribution is 7.88. The lowest BCUT2D eigenvalue weighted by Gasteiger charge is -2.15. The number of nitrogens with zero attached hydrogens (tertiary/aromatic N) is 1. The number of rotatable bonds is 9. The number of aromatic nitrogens is 2. The molecule has 31 heavy (non-hydrogen) atoms. The number of benzene rings is 2. The summed E-state index contributed by atoms with van der Waals surface area (Å²) in [7, 11) is -2.03. The Bertz CT molecular complexity index is 1150. The molecule has 1 aromatic heterocycles. The minimum atomic E-state index is -3.63. The van der Waals surface area contributed by atoms with Gasteiger partial charge in [0, 0.05) is 6.07 Å². The zero-order valence-electron chi connectivity index (χ0n) is 17.2. The molecule has 0 bridgehead atoms. The third kappa shape index (κ3) is 6.58. The van der Waals surface area contributed by atoms with Gasteiger partial charge < -0.3 is 19.6 Å². The maximum atomic E-state index is 11.3. The van der Waals surface area contributed by atoms with Gasteiger partial charge in [0.15, 0.2) is 6.10 Å². The molecule has 2 atom stereocenters. The van der Waals surface area contributed by atoms with E-state index in [1.165, 1.54) is 0 Å². The van der Waals surface area contributed by atoms with E-state index in [1.807, 2.05) is 25.1 Å². The Balaban J connectivity index is 0.00000341. The third-order valence-electron chi connectivity index (χ3n) is 4.42. The first kappa shape index (κ1) is 24.4. The number of hydrogen-bond acceptors (Lipinski definition) is 6. The Morgan fingerprint density at radius 1 is 1.19 bits per heavy atom. The van der Waals surface area contributed by atoms with Crippen LogP contribution in [0.5, 0.6) is 11.5 Å². The molecule has 0 fully saturated rings. The minimum Gasteiger partial charge on any atom is -0.497 e. The van der Waals surface area contributed by atoms with Gasteiger partial charge in [-0.1, -0.05) is 12.1 Å². The van der Waals surface area contributed by atoms with Crippen molar-refractivity contribution in [3.63, 3.8) is 0 Å². The van der Waals surface area contributed by atoms with E-state index in [9.17, 15) is 18.3 Å². The molecule has 3 aromatic rings. The zero-order chi connectivity index (χ0) is 21.9. The molecule has 0 aliphatic carbocycles. The summed E-state index contributed by atoms with van der Waals surface area (Å²) in [6.45, 7) is 1.86. The van der Waals surface area contributed by atoms with Gasteiger partial charge in [0.05, 0.1) is 24.4 Å². The van der Waals surface area contributed by atoms with E-state index in [4.69, 9.17) is 9.47 Å². The molecule has 11 heteroatoms. The molecule has 0 aliphatic rings. The molecule has 3 N–H and O–H groups in total. The fourth-order valence-electron chi connectivity index (χ4n) is 2.97. The van der Waals surface area contributed by atoms with Crippen LogP contribution in [0.2, 0.25) is 0 Å². The number of carboxylic acid groups (broad SMARTS) is 1. The number of halogens is 1. The Kier molecular flexibility index (Phi) is 7.88. The second kappa shape index (κ2) is 9.99. The van der Waals surface area contributed by atoms with E-state index < -0.39 is 22.0 Å². The first-order valence-electron chi connectivity index (χ1n) is 9.14. The summed E-state index contributed by atoms with van der Waals surface area (Å²) < 4.78 is 35.9. The van der Waals surface area contributed by atoms with Crippen molar-refractivity contribution >= 4 is 39.4 Å². The number of methoxy groups -OCH3 is 1. The lowest BCUT2D eigenvalue weighted by molar-refractivity contribution is -0.138. The van der Waals surface area contributed by atoms with Gasteiger partial charge >= 0.3 is 5.97 Å². The van der Waals surface area contributed by atoms with Crippen molar-refractivity contribution in [1.82, 2.24) is 14.7 Å². The molecule has 1 heterocycles. The highest BCUT2D eigenvalue weighted by atomic mass is 35.5. The number of ether oxygens (including phenoxy) is 2. The van der Waals surface area contributed by atoms with Crippen LogP contribution in [0.15, 0.2) is 42.5 Å². The van der Waals surface area contributed by atoms with Crippen molar-refractivity contribution < 1.29 is 27.8 Å². The maximum Gasteiger partial charge on any atom is 0.322 e. The quantitative estimate of drug-likeness (QED) is 0.439. The molecule has 9 nitrogen and oxygen atoms in total. The van der Waals surface area contributed by atoms with Crippen molar-refractivity contribution in [1.29, 1.82) is 0 Å².